The largest absolute Gasteiger partial charge is 0.483 e. The average molecular weight is 266 g/mol. The van der Waals surface area contributed by atoms with Crippen molar-refractivity contribution in [1.82, 2.24) is 14.8 Å². The van der Waals surface area contributed by atoms with Crippen LogP contribution in [0.1, 0.15) is 32.2 Å². The Morgan fingerprint density at radius 1 is 1.44 bits per heavy atom. The second kappa shape index (κ2) is 5.87. The molecule has 96 valence electrons. The van der Waals surface area contributed by atoms with E-state index in [4.69, 9.17) is 16.3 Å². The summed E-state index contributed by atoms with van der Waals surface area (Å²) >= 11 is 5.92. The Hall–Kier alpha value is -1.55. The molecule has 1 atom stereocenters. The van der Waals surface area contributed by atoms with Crippen LogP contribution in [0.25, 0.3) is 0 Å². The van der Waals surface area contributed by atoms with Crippen molar-refractivity contribution in [3.63, 3.8) is 0 Å². The van der Waals surface area contributed by atoms with Crippen LogP contribution < -0.4 is 4.74 Å². The molecule has 5 heteroatoms. The van der Waals surface area contributed by atoms with E-state index < -0.39 is 0 Å². The number of benzene rings is 1. The molecule has 18 heavy (non-hydrogen) atoms. The van der Waals surface area contributed by atoms with Crippen LogP contribution in [0.4, 0.5) is 0 Å². The molecule has 0 N–H and O–H groups in total. The van der Waals surface area contributed by atoms with Gasteiger partial charge in [-0.15, -0.1) is 10.2 Å². The standard InChI is InChI=1S/C13H16ClN3O/c1-3-7-17-9-15-16-13(17)10(2)18-12-6-4-5-11(14)8-12/h4-6,8-10H,3,7H2,1-2H3. The third kappa shape index (κ3) is 3.01. The molecule has 2 aromatic rings. The van der Waals surface area contributed by atoms with E-state index in [-0.39, 0.29) is 6.10 Å². The first-order valence-corrected chi connectivity index (χ1v) is 6.38. The maximum absolute atomic E-state index is 5.92. The van der Waals surface area contributed by atoms with E-state index in [2.05, 4.69) is 17.1 Å². The number of rotatable bonds is 5. The molecule has 1 aromatic heterocycles. The van der Waals surface area contributed by atoms with E-state index in [9.17, 15) is 0 Å². The summed E-state index contributed by atoms with van der Waals surface area (Å²) in [6.07, 6.45) is 2.61. The van der Waals surface area contributed by atoms with Crippen molar-refractivity contribution in [1.29, 1.82) is 0 Å². The number of ether oxygens (including phenoxy) is 1. The van der Waals surface area contributed by atoms with Crippen LogP contribution >= 0.6 is 11.6 Å². The van der Waals surface area contributed by atoms with Crippen LogP contribution in [0.3, 0.4) is 0 Å². The number of nitrogens with zero attached hydrogens (tertiary/aromatic N) is 3. The normalized spacial score (nSPS) is 12.4. The molecule has 0 amide bonds. The highest BCUT2D eigenvalue weighted by atomic mass is 35.5. The third-order valence-electron chi connectivity index (χ3n) is 2.58. The average Bonchev–Trinajstić information content (AvgIpc) is 2.78. The van der Waals surface area contributed by atoms with Crippen molar-refractivity contribution in [3.8, 4) is 5.75 Å². The fourth-order valence-corrected chi connectivity index (χ4v) is 1.97. The molecule has 0 bridgehead atoms. The minimum atomic E-state index is -0.155. The molecule has 4 nitrogen and oxygen atoms in total. The summed E-state index contributed by atoms with van der Waals surface area (Å²) in [6.45, 7) is 4.97. The van der Waals surface area contributed by atoms with E-state index in [1.165, 1.54) is 0 Å². The number of aromatic nitrogens is 3. The summed E-state index contributed by atoms with van der Waals surface area (Å²) in [4.78, 5) is 0. The highest BCUT2D eigenvalue weighted by Gasteiger charge is 2.14. The van der Waals surface area contributed by atoms with Crippen molar-refractivity contribution < 1.29 is 4.74 Å². The second-order valence-corrected chi connectivity index (χ2v) is 4.54. The molecule has 2 rings (SSSR count). The fourth-order valence-electron chi connectivity index (χ4n) is 1.79. The topological polar surface area (TPSA) is 39.9 Å². The Labute approximate surface area is 112 Å². The number of halogens is 1. The van der Waals surface area contributed by atoms with Crippen LogP contribution in [-0.4, -0.2) is 14.8 Å². The van der Waals surface area contributed by atoms with Crippen molar-refractivity contribution in [2.45, 2.75) is 32.9 Å². The van der Waals surface area contributed by atoms with Crippen LogP contribution in [0, 0.1) is 0 Å². The summed E-state index contributed by atoms with van der Waals surface area (Å²) in [5, 5.41) is 8.70. The van der Waals surface area contributed by atoms with Gasteiger partial charge in [-0.25, -0.2) is 0 Å². The number of hydrogen-bond donors (Lipinski definition) is 0. The maximum Gasteiger partial charge on any atom is 0.173 e. The van der Waals surface area contributed by atoms with E-state index in [1.807, 2.05) is 29.7 Å². The fraction of sp³-hybridized carbons (Fsp3) is 0.385. The van der Waals surface area contributed by atoms with Gasteiger partial charge in [0.1, 0.15) is 12.1 Å². The lowest BCUT2D eigenvalue weighted by Crippen LogP contribution is -2.11. The Balaban J connectivity index is 2.11. The molecule has 1 unspecified atom stereocenters. The molecule has 0 spiro atoms. The number of hydrogen-bond acceptors (Lipinski definition) is 3. The van der Waals surface area contributed by atoms with Gasteiger partial charge in [-0.2, -0.15) is 0 Å². The van der Waals surface area contributed by atoms with Crippen LogP contribution in [0.5, 0.6) is 5.75 Å². The SMILES string of the molecule is CCCn1cnnc1C(C)Oc1cccc(Cl)c1. The van der Waals surface area contributed by atoms with E-state index in [0.29, 0.717) is 5.02 Å². The van der Waals surface area contributed by atoms with Gasteiger partial charge in [0.15, 0.2) is 11.9 Å². The van der Waals surface area contributed by atoms with Gasteiger partial charge in [-0.3, -0.25) is 0 Å². The van der Waals surface area contributed by atoms with Crippen molar-refractivity contribution in [2.75, 3.05) is 0 Å². The van der Waals surface area contributed by atoms with Crippen LogP contribution in [-0.2, 0) is 6.54 Å². The Morgan fingerprint density at radius 3 is 3.00 bits per heavy atom. The zero-order chi connectivity index (χ0) is 13.0. The van der Waals surface area contributed by atoms with Crippen molar-refractivity contribution in [3.05, 3.63) is 41.4 Å². The third-order valence-corrected chi connectivity index (χ3v) is 2.82. The summed E-state index contributed by atoms with van der Waals surface area (Å²) in [5.74, 6) is 1.57. The van der Waals surface area contributed by atoms with Gasteiger partial charge in [0, 0.05) is 11.6 Å². The number of aryl methyl sites for hydroxylation is 1. The molecule has 1 heterocycles. The van der Waals surface area contributed by atoms with Gasteiger partial charge in [-0.1, -0.05) is 24.6 Å². The zero-order valence-electron chi connectivity index (χ0n) is 10.5. The van der Waals surface area contributed by atoms with E-state index in [1.54, 1.807) is 12.4 Å². The minimum absolute atomic E-state index is 0.155. The maximum atomic E-state index is 5.92. The minimum Gasteiger partial charge on any atom is -0.483 e. The molecule has 0 aliphatic rings. The lowest BCUT2D eigenvalue weighted by atomic mass is 10.3. The lowest BCUT2D eigenvalue weighted by Gasteiger charge is -2.15. The van der Waals surface area contributed by atoms with Gasteiger partial charge >= 0.3 is 0 Å². The molecular formula is C13H16ClN3O. The smallest absolute Gasteiger partial charge is 0.173 e. The predicted molar refractivity (Wildman–Crippen MR) is 70.8 cm³/mol. The van der Waals surface area contributed by atoms with Gasteiger partial charge < -0.3 is 9.30 Å². The van der Waals surface area contributed by atoms with Crippen LogP contribution in [0.15, 0.2) is 30.6 Å². The van der Waals surface area contributed by atoms with Gasteiger partial charge in [0.2, 0.25) is 0 Å². The van der Waals surface area contributed by atoms with E-state index >= 15 is 0 Å². The Kier molecular flexibility index (Phi) is 4.20. The molecule has 1 aromatic carbocycles. The van der Waals surface area contributed by atoms with Gasteiger partial charge in [-0.05, 0) is 31.5 Å². The predicted octanol–water partition coefficient (Wildman–Crippen LogP) is 3.48. The summed E-state index contributed by atoms with van der Waals surface area (Å²) in [6, 6.07) is 7.35. The molecule has 0 fully saturated rings. The molecule has 0 radical (unpaired) electrons. The quantitative estimate of drug-likeness (QED) is 0.831. The summed E-state index contributed by atoms with van der Waals surface area (Å²) < 4.78 is 7.83. The molecule has 0 saturated carbocycles. The van der Waals surface area contributed by atoms with E-state index in [0.717, 1.165) is 24.5 Å². The Bertz CT molecular complexity index is 512. The molecule has 0 aliphatic heterocycles. The highest BCUT2D eigenvalue weighted by Crippen LogP contribution is 2.23. The summed E-state index contributed by atoms with van der Waals surface area (Å²) in [5.41, 5.74) is 0. The monoisotopic (exact) mass is 265 g/mol. The lowest BCUT2D eigenvalue weighted by molar-refractivity contribution is 0.210. The zero-order valence-corrected chi connectivity index (χ0v) is 11.3. The molecular weight excluding hydrogens is 250 g/mol. The second-order valence-electron chi connectivity index (χ2n) is 4.10. The van der Waals surface area contributed by atoms with Gasteiger partial charge in [0.05, 0.1) is 0 Å². The first-order valence-electron chi connectivity index (χ1n) is 6.00. The van der Waals surface area contributed by atoms with Gasteiger partial charge in [0.25, 0.3) is 0 Å². The van der Waals surface area contributed by atoms with Crippen molar-refractivity contribution >= 4 is 11.6 Å². The van der Waals surface area contributed by atoms with Crippen molar-refractivity contribution in [2.24, 2.45) is 0 Å². The molecule has 0 aliphatic carbocycles. The first-order chi connectivity index (χ1) is 8.70. The van der Waals surface area contributed by atoms with Crippen LogP contribution in [0.2, 0.25) is 5.02 Å². The summed E-state index contributed by atoms with van der Waals surface area (Å²) in [7, 11) is 0. The highest BCUT2D eigenvalue weighted by molar-refractivity contribution is 6.30. The first kappa shape index (κ1) is 12.9. The Morgan fingerprint density at radius 2 is 2.28 bits per heavy atom. The molecule has 0 saturated heterocycles.